The van der Waals surface area contributed by atoms with Gasteiger partial charge >= 0.3 is 0 Å². The summed E-state index contributed by atoms with van der Waals surface area (Å²) in [5.74, 6) is 2.95. The lowest BCUT2D eigenvalue weighted by atomic mass is 10.1. The van der Waals surface area contributed by atoms with Gasteiger partial charge in [0.05, 0.1) is 0 Å². The fourth-order valence-corrected chi connectivity index (χ4v) is 3.30. The maximum absolute atomic E-state index is 4.71. The van der Waals surface area contributed by atoms with Crippen LogP contribution in [0, 0.1) is 0 Å². The van der Waals surface area contributed by atoms with Gasteiger partial charge in [-0.2, -0.15) is 0 Å². The van der Waals surface area contributed by atoms with Crippen molar-refractivity contribution >= 4 is 29.9 Å². The van der Waals surface area contributed by atoms with Gasteiger partial charge in [0.25, 0.3) is 0 Å². The van der Waals surface area contributed by atoms with Crippen LogP contribution in [0.2, 0.25) is 0 Å². The third kappa shape index (κ3) is 6.79. The first-order valence-electron chi connectivity index (χ1n) is 9.84. The lowest BCUT2D eigenvalue weighted by molar-refractivity contribution is 0.605. The molecule has 3 rings (SSSR count). The zero-order valence-corrected chi connectivity index (χ0v) is 18.5. The standard InChI is InChI=1S/C20H30N6.HI/c1-2-21-20(22-14-9-12-17-10-5-3-6-11-17)23-16-19-25-24-18-13-7-4-8-15-26(18)19;/h3,5-6,10-11H,2,4,7-9,12-16H2,1H3,(H2,21,22,23);1H. The fraction of sp³-hybridized carbons (Fsp3) is 0.550. The molecule has 0 amide bonds. The number of nitrogens with one attached hydrogen (secondary N) is 2. The Bertz CT molecular complexity index is 698. The molecule has 1 aliphatic rings. The Morgan fingerprint density at radius 3 is 2.78 bits per heavy atom. The van der Waals surface area contributed by atoms with Crippen molar-refractivity contribution in [3.05, 3.63) is 47.5 Å². The summed E-state index contributed by atoms with van der Waals surface area (Å²) >= 11 is 0. The first-order chi connectivity index (χ1) is 12.9. The van der Waals surface area contributed by atoms with E-state index in [0.717, 1.165) is 56.5 Å². The molecule has 0 atom stereocenters. The molecular formula is C20H31IN6. The number of aromatic nitrogens is 3. The Kier molecular flexibility index (Phi) is 9.58. The van der Waals surface area contributed by atoms with E-state index in [1.165, 1.54) is 24.8 Å². The van der Waals surface area contributed by atoms with E-state index in [1.807, 2.05) is 0 Å². The second-order valence-electron chi connectivity index (χ2n) is 6.71. The highest BCUT2D eigenvalue weighted by atomic mass is 127. The molecule has 1 aliphatic heterocycles. The highest BCUT2D eigenvalue weighted by molar-refractivity contribution is 14.0. The summed E-state index contributed by atoms with van der Waals surface area (Å²) in [7, 11) is 0. The van der Waals surface area contributed by atoms with Gasteiger partial charge in [-0.1, -0.05) is 36.8 Å². The molecule has 148 valence electrons. The fourth-order valence-electron chi connectivity index (χ4n) is 3.30. The van der Waals surface area contributed by atoms with Gasteiger partial charge in [0.15, 0.2) is 11.8 Å². The Morgan fingerprint density at radius 2 is 1.96 bits per heavy atom. The largest absolute Gasteiger partial charge is 0.357 e. The van der Waals surface area contributed by atoms with Crippen molar-refractivity contribution in [3.63, 3.8) is 0 Å². The van der Waals surface area contributed by atoms with Gasteiger partial charge in [-0.25, -0.2) is 4.99 Å². The van der Waals surface area contributed by atoms with E-state index in [0.29, 0.717) is 6.54 Å². The summed E-state index contributed by atoms with van der Waals surface area (Å²) in [6.45, 7) is 5.43. The third-order valence-electron chi connectivity index (χ3n) is 4.69. The van der Waals surface area contributed by atoms with Crippen LogP contribution in [0.1, 0.15) is 49.8 Å². The van der Waals surface area contributed by atoms with E-state index >= 15 is 0 Å². The SMILES string of the molecule is CCNC(=NCc1nnc2n1CCCCC2)NCCCc1ccccc1.I. The van der Waals surface area contributed by atoms with Gasteiger partial charge in [0.2, 0.25) is 0 Å². The van der Waals surface area contributed by atoms with Crippen molar-refractivity contribution in [2.24, 2.45) is 4.99 Å². The van der Waals surface area contributed by atoms with Crippen LogP contribution in [0.3, 0.4) is 0 Å². The van der Waals surface area contributed by atoms with Gasteiger partial charge in [0, 0.05) is 26.1 Å². The number of halogens is 1. The molecule has 0 fully saturated rings. The van der Waals surface area contributed by atoms with E-state index in [-0.39, 0.29) is 24.0 Å². The molecule has 0 radical (unpaired) electrons. The second kappa shape index (κ2) is 11.9. The van der Waals surface area contributed by atoms with E-state index < -0.39 is 0 Å². The van der Waals surface area contributed by atoms with Crippen molar-refractivity contribution in [1.29, 1.82) is 0 Å². The quantitative estimate of drug-likeness (QED) is 0.275. The summed E-state index contributed by atoms with van der Waals surface area (Å²) < 4.78 is 2.26. The number of rotatable bonds is 7. The zero-order valence-electron chi connectivity index (χ0n) is 16.2. The van der Waals surface area contributed by atoms with Gasteiger partial charge in [-0.15, -0.1) is 34.2 Å². The minimum absolute atomic E-state index is 0. The number of aliphatic imine (C=N–C) groups is 1. The van der Waals surface area contributed by atoms with E-state index in [2.05, 4.69) is 62.7 Å². The minimum Gasteiger partial charge on any atom is -0.357 e. The average Bonchev–Trinajstić information content (AvgIpc) is 2.90. The van der Waals surface area contributed by atoms with Gasteiger partial charge in [0.1, 0.15) is 12.4 Å². The summed E-state index contributed by atoms with van der Waals surface area (Å²) in [4.78, 5) is 4.71. The van der Waals surface area contributed by atoms with Crippen molar-refractivity contribution in [3.8, 4) is 0 Å². The Morgan fingerprint density at radius 1 is 1.11 bits per heavy atom. The molecule has 0 spiro atoms. The highest BCUT2D eigenvalue weighted by Gasteiger charge is 2.14. The smallest absolute Gasteiger partial charge is 0.191 e. The zero-order chi connectivity index (χ0) is 18.0. The molecule has 2 heterocycles. The molecule has 27 heavy (non-hydrogen) atoms. The molecular weight excluding hydrogens is 451 g/mol. The number of hydrogen-bond acceptors (Lipinski definition) is 3. The van der Waals surface area contributed by atoms with Crippen LogP contribution in [-0.2, 0) is 25.9 Å². The molecule has 0 saturated heterocycles. The molecule has 2 aromatic rings. The normalized spacial score (nSPS) is 14.0. The van der Waals surface area contributed by atoms with Gasteiger partial charge in [-0.3, -0.25) is 0 Å². The second-order valence-corrected chi connectivity index (χ2v) is 6.71. The Labute approximate surface area is 179 Å². The molecule has 2 N–H and O–H groups in total. The maximum atomic E-state index is 4.71. The number of hydrogen-bond donors (Lipinski definition) is 2. The first kappa shape index (κ1) is 21.7. The summed E-state index contributed by atoms with van der Waals surface area (Å²) in [6, 6.07) is 10.6. The monoisotopic (exact) mass is 482 g/mol. The van der Waals surface area contributed by atoms with Crippen molar-refractivity contribution < 1.29 is 0 Å². The van der Waals surface area contributed by atoms with Crippen molar-refractivity contribution in [1.82, 2.24) is 25.4 Å². The molecule has 0 bridgehead atoms. The molecule has 0 unspecified atom stereocenters. The minimum atomic E-state index is 0. The average molecular weight is 482 g/mol. The van der Waals surface area contributed by atoms with Crippen molar-refractivity contribution in [2.75, 3.05) is 13.1 Å². The number of benzene rings is 1. The maximum Gasteiger partial charge on any atom is 0.191 e. The van der Waals surface area contributed by atoms with E-state index in [4.69, 9.17) is 4.99 Å². The van der Waals surface area contributed by atoms with Crippen LogP contribution in [0.4, 0.5) is 0 Å². The molecule has 6 nitrogen and oxygen atoms in total. The summed E-state index contributed by atoms with van der Waals surface area (Å²) in [6.07, 6.45) is 6.89. The predicted molar refractivity (Wildman–Crippen MR) is 121 cm³/mol. The van der Waals surface area contributed by atoms with Gasteiger partial charge in [-0.05, 0) is 38.2 Å². The van der Waals surface area contributed by atoms with Crippen LogP contribution in [-0.4, -0.2) is 33.8 Å². The third-order valence-corrected chi connectivity index (χ3v) is 4.69. The Balaban J connectivity index is 0.00000261. The summed E-state index contributed by atoms with van der Waals surface area (Å²) in [5, 5.41) is 15.5. The first-order valence-corrected chi connectivity index (χ1v) is 9.84. The molecule has 0 aliphatic carbocycles. The topological polar surface area (TPSA) is 67.1 Å². The Hall–Kier alpha value is -1.64. The lowest BCUT2D eigenvalue weighted by Gasteiger charge is -2.11. The highest BCUT2D eigenvalue weighted by Crippen LogP contribution is 2.14. The molecule has 1 aromatic carbocycles. The van der Waals surface area contributed by atoms with Crippen LogP contribution in [0.5, 0.6) is 0 Å². The van der Waals surface area contributed by atoms with Crippen LogP contribution in [0.15, 0.2) is 35.3 Å². The lowest BCUT2D eigenvalue weighted by Crippen LogP contribution is -2.38. The van der Waals surface area contributed by atoms with Crippen LogP contribution < -0.4 is 10.6 Å². The number of guanidine groups is 1. The molecule has 7 heteroatoms. The van der Waals surface area contributed by atoms with Gasteiger partial charge < -0.3 is 15.2 Å². The number of fused-ring (bicyclic) bond motifs is 1. The number of aryl methyl sites for hydroxylation is 2. The van der Waals surface area contributed by atoms with Crippen LogP contribution in [0.25, 0.3) is 0 Å². The predicted octanol–water partition coefficient (Wildman–Crippen LogP) is 3.31. The number of nitrogens with zero attached hydrogens (tertiary/aromatic N) is 4. The summed E-state index contributed by atoms with van der Waals surface area (Å²) in [5.41, 5.74) is 1.38. The molecule has 0 saturated carbocycles. The van der Waals surface area contributed by atoms with E-state index in [1.54, 1.807) is 0 Å². The van der Waals surface area contributed by atoms with E-state index in [9.17, 15) is 0 Å². The van der Waals surface area contributed by atoms with Crippen LogP contribution >= 0.6 is 24.0 Å². The molecule has 1 aromatic heterocycles. The van der Waals surface area contributed by atoms with Crippen molar-refractivity contribution in [2.45, 2.75) is 58.5 Å².